The van der Waals surface area contributed by atoms with Gasteiger partial charge in [0.15, 0.2) is 0 Å². The molecule has 0 spiro atoms. The van der Waals surface area contributed by atoms with Crippen LogP contribution in [0.25, 0.3) is 0 Å². The minimum Gasteiger partial charge on any atom is -0.495 e. The van der Waals surface area contributed by atoms with Gasteiger partial charge in [0.2, 0.25) is 0 Å². The van der Waals surface area contributed by atoms with Gasteiger partial charge >= 0.3 is 8.07 Å². The Kier molecular flexibility index (Phi) is 16.7. The third-order valence-corrected chi connectivity index (χ3v) is 12.9. The van der Waals surface area contributed by atoms with Crippen LogP contribution in [0.2, 0.25) is 0 Å². The lowest BCUT2D eigenvalue weighted by Gasteiger charge is -2.05. The standard InChI is InChI=1S/C68H44O4Si/c1-69-65-17-9-5-13-61(65)41-37-53-21-29-57(30-22-53)45-49-73(50-46-58-31-23-54(24-32-58)38-42-62-14-6-10-18-66(62)70-2,51-47-59-33-25-55(26-34-59)39-43-63-15-7-11-19-67(63)71-3)52-48-60-35-27-56(28-36-60)40-44-64-16-8-12-20-68(64)72-4/h5-36H,1-4H3. The zero-order valence-corrected chi connectivity index (χ0v) is 41.6. The van der Waals surface area contributed by atoms with Crippen molar-refractivity contribution in [2.24, 2.45) is 0 Å². The van der Waals surface area contributed by atoms with Gasteiger partial charge in [0.25, 0.3) is 0 Å². The van der Waals surface area contributed by atoms with Crippen molar-refractivity contribution in [3.63, 3.8) is 0 Å². The number of hydrogen-bond donors (Lipinski definition) is 0. The summed E-state index contributed by atoms with van der Waals surface area (Å²) in [5.41, 5.74) is 23.9. The lowest BCUT2D eigenvalue weighted by molar-refractivity contribution is 0.413. The van der Waals surface area contributed by atoms with Gasteiger partial charge in [-0.15, -0.1) is 0 Å². The molecule has 8 rings (SSSR count). The van der Waals surface area contributed by atoms with E-state index in [-0.39, 0.29) is 0 Å². The number of hydrogen-bond acceptors (Lipinski definition) is 4. The van der Waals surface area contributed by atoms with Crippen LogP contribution >= 0.6 is 0 Å². The summed E-state index contributed by atoms with van der Waals surface area (Å²) in [4.78, 5) is 0. The van der Waals surface area contributed by atoms with Crippen LogP contribution in [0.15, 0.2) is 194 Å². The molecule has 0 radical (unpaired) electrons. The lowest BCUT2D eigenvalue weighted by atomic mass is 10.1. The first-order valence-corrected chi connectivity index (χ1v) is 25.0. The molecule has 0 bridgehead atoms. The van der Waals surface area contributed by atoms with Crippen LogP contribution in [-0.4, -0.2) is 36.5 Å². The topological polar surface area (TPSA) is 36.9 Å². The van der Waals surface area contributed by atoms with Gasteiger partial charge in [-0.1, -0.05) is 142 Å². The largest absolute Gasteiger partial charge is 0.495 e. The Morgan fingerprint density at radius 1 is 0.219 bits per heavy atom. The maximum Gasteiger partial charge on any atom is 0.370 e. The summed E-state index contributed by atoms with van der Waals surface area (Å²) < 4.78 is 22.0. The third kappa shape index (κ3) is 13.9. The van der Waals surface area contributed by atoms with E-state index in [1.165, 1.54) is 0 Å². The van der Waals surface area contributed by atoms with E-state index in [4.69, 9.17) is 18.9 Å². The van der Waals surface area contributed by atoms with Crippen molar-refractivity contribution in [2.75, 3.05) is 28.4 Å². The highest BCUT2D eigenvalue weighted by Gasteiger charge is 2.26. The fourth-order valence-electron chi connectivity index (χ4n) is 6.95. The first-order valence-electron chi connectivity index (χ1n) is 23.0. The second-order valence-corrected chi connectivity index (χ2v) is 18.4. The molecule has 0 atom stereocenters. The maximum atomic E-state index is 5.50. The molecule has 0 aromatic heterocycles. The summed E-state index contributed by atoms with van der Waals surface area (Å²) in [5.74, 6) is 42.4. The van der Waals surface area contributed by atoms with E-state index in [2.05, 4.69) is 93.2 Å². The van der Waals surface area contributed by atoms with E-state index >= 15 is 0 Å². The summed E-state index contributed by atoms with van der Waals surface area (Å²) in [5, 5.41) is 0. The first kappa shape index (κ1) is 49.1. The van der Waals surface area contributed by atoms with Crippen molar-refractivity contribution >= 4 is 8.07 Å². The van der Waals surface area contributed by atoms with Crippen LogP contribution in [0.3, 0.4) is 0 Å². The van der Waals surface area contributed by atoms with Gasteiger partial charge in [-0.2, -0.15) is 0 Å². The van der Waals surface area contributed by atoms with E-state index in [0.717, 1.165) is 89.8 Å². The van der Waals surface area contributed by atoms with Gasteiger partial charge in [0, 0.05) is 44.5 Å². The Morgan fingerprint density at radius 2 is 0.397 bits per heavy atom. The van der Waals surface area contributed by atoms with Crippen LogP contribution in [0, 0.1) is 93.2 Å². The predicted octanol–water partition coefficient (Wildman–Crippen LogP) is 11.4. The second-order valence-electron chi connectivity index (χ2n) is 15.9. The van der Waals surface area contributed by atoms with E-state index in [0.29, 0.717) is 0 Å². The summed E-state index contributed by atoms with van der Waals surface area (Å²) in [6.45, 7) is 0. The monoisotopic (exact) mass is 952 g/mol. The SMILES string of the molecule is COc1ccccc1C#Cc1ccc(C#C[Si](C#Cc2ccc(C#Cc3ccccc3OC)cc2)(C#Cc2ccc(C#Cc3ccccc3OC)cc2)C#Cc2ccc(C#Cc3ccccc3OC)cc2)cc1. The van der Waals surface area contributed by atoms with E-state index in [9.17, 15) is 0 Å². The molecule has 0 aliphatic rings. The van der Waals surface area contributed by atoms with Crippen molar-refractivity contribution in [3.05, 3.63) is 261 Å². The Labute approximate surface area is 430 Å². The van der Waals surface area contributed by atoms with Gasteiger partial charge < -0.3 is 18.9 Å². The van der Waals surface area contributed by atoms with Crippen molar-refractivity contribution in [3.8, 4) is 116 Å². The Balaban J connectivity index is 1.19. The normalized spacial score (nSPS) is 9.59. The third-order valence-electron chi connectivity index (χ3n) is 10.9. The Hall–Kier alpha value is -10.3. The van der Waals surface area contributed by atoms with Crippen molar-refractivity contribution in [2.45, 2.75) is 0 Å². The lowest BCUT2D eigenvalue weighted by Crippen LogP contribution is -2.29. The van der Waals surface area contributed by atoms with E-state index in [1.54, 1.807) is 28.4 Å². The number of ether oxygens (including phenoxy) is 4. The van der Waals surface area contributed by atoms with Crippen LogP contribution < -0.4 is 18.9 Å². The summed E-state index contributed by atoms with van der Waals surface area (Å²) in [7, 11) is 3.09. The molecule has 0 N–H and O–H groups in total. The molecule has 5 heteroatoms. The molecule has 0 saturated heterocycles. The van der Waals surface area contributed by atoms with Crippen molar-refractivity contribution in [1.29, 1.82) is 0 Å². The smallest absolute Gasteiger partial charge is 0.370 e. The molecule has 4 nitrogen and oxygen atoms in total. The highest BCUT2D eigenvalue weighted by Crippen LogP contribution is 2.20. The molecule has 0 heterocycles. The van der Waals surface area contributed by atoms with E-state index < -0.39 is 8.07 Å². The first-order chi connectivity index (χ1) is 35.9. The predicted molar refractivity (Wildman–Crippen MR) is 295 cm³/mol. The van der Waals surface area contributed by atoms with Crippen LogP contribution in [0.4, 0.5) is 0 Å². The van der Waals surface area contributed by atoms with Gasteiger partial charge in [-0.3, -0.25) is 0 Å². The van der Waals surface area contributed by atoms with E-state index in [1.807, 2.05) is 194 Å². The minimum absolute atomic E-state index is 0.721. The molecular weight excluding hydrogens is 909 g/mol. The molecule has 0 fully saturated rings. The van der Waals surface area contributed by atoms with Crippen LogP contribution in [0.1, 0.15) is 66.8 Å². The molecular formula is C68H44O4Si. The highest BCUT2D eigenvalue weighted by atomic mass is 28.3. The average Bonchev–Trinajstić information content (AvgIpc) is 3.45. The van der Waals surface area contributed by atoms with Crippen LogP contribution in [-0.2, 0) is 0 Å². The Morgan fingerprint density at radius 3 is 0.589 bits per heavy atom. The van der Waals surface area contributed by atoms with Gasteiger partial charge in [-0.05, 0) is 146 Å². The zero-order chi connectivity index (χ0) is 50.5. The summed E-state index contributed by atoms with van der Waals surface area (Å²) >= 11 is 0. The Bertz CT molecular complexity index is 3300. The minimum atomic E-state index is -3.47. The maximum absolute atomic E-state index is 5.50. The van der Waals surface area contributed by atoms with Crippen LogP contribution in [0.5, 0.6) is 23.0 Å². The average molecular weight is 953 g/mol. The van der Waals surface area contributed by atoms with Gasteiger partial charge in [0.1, 0.15) is 23.0 Å². The molecule has 0 aliphatic heterocycles. The zero-order valence-electron chi connectivity index (χ0n) is 40.6. The second kappa shape index (κ2) is 24.8. The molecule has 73 heavy (non-hydrogen) atoms. The molecule has 0 unspecified atom stereocenters. The van der Waals surface area contributed by atoms with Gasteiger partial charge in [-0.25, -0.2) is 0 Å². The van der Waals surface area contributed by atoms with Crippen molar-refractivity contribution < 1.29 is 18.9 Å². The highest BCUT2D eigenvalue weighted by molar-refractivity contribution is 7.06. The molecule has 0 aliphatic carbocycles. The number of methoxy groups -OCH3 is 4. The quantitative estimate of drug-likeness (QED) is 0.130. The number of benzene rings is 8. The fraction of sp³-hybridized carbons (Fsp3) is 0.0588. The molecule has 8 aromatic carbocycles. The molecule has 0 saturated carbocycles. The number of rotatable bonds is 4. The number of para-hydroxylation sites is 4. The summed E-state index contributed by atoms with van der Waals surface area (Å²) in [6, 6.07) is 62.0. The van der Waals surface area contributed by atoms with Gasteiger partial charge in [0.05, 0.1) is 50.7 Å². The summed E-state index contributed by atoms with van der Waals surface area (Å²) in [6.07, 6.45) is 0. The van der Waals surface area contributed by atoms with Crippen molar-refractivity contribution in [1.82, 2.24) is 0 Å². The molecule has 8 aromatic rings. The molecule has 344 valence electrons. The molecule has 0 amide bonds. The fourth-order valence-corrected chi connectivity index (χ4v) is 8.65.